The van der Waals surface area contributed by atoms with Gasteiger partial charge in [0.2, 0.25) is 10.0 Å². The van der Waals surface area contributed by atoms with E-state index in [1.165, 1.54) is 12.1 Å². The van der Waals surface area contributed by atoms with Crippen molar-refractivity contribution in [2.45, 2.75) is 29.9 Å². The lowest BCUT2D eigenvalue weighted by Crippen LogP contribution is -2.32. The zero-order valence-electron chi connectivity index (χ0n) is 17.9. The van der Waals surface area contributed by atoms with Crippen LogP contribution in [0.15, 0.2) is 83.8 Å². The van der Waals surface area contributed by atoms with Gasteiger partial charge in [0.05, 0.1) is 17.0 Å². The molecule has 2 unspecified atom stereocenters. The van der Waals surface area contributed by atoms with Gasteiger partial charge in [-0.2, -0.15) is 0 Å². The number of nitrogens with one attached hydrogen (secondary N) is 2. The van der Waals surface area contributed by atoms with Crippen LogP contribution in [-0.4, -0.2) is 33.6 Å². The Kier molecular flexibility index (Phi) is 7.45. The Morgan fingerprint density at radius 3 is 2.42 bits per heavy atom. The van der Waals surface area contributed by atoms with Gasteiger partial charge in [0.15, 0.2) is 0 Å². The van der Waals surface area contributed by atoms with E-state index in [0.29, 0.717) is 11.6 Å². The predicted molar refractivity (Wildman–Crippen MR) is 128 cm³/mol. The standard InChI is InChI=1S/C25H25ClN2O4S/c26-21-13-11-19(12-14-21)24(18-6-2-1-3-7-18)28-25(29)20-8-4-10-23(16-20)33(30,31)27-17-22-9-5-15-32-22/h1-4,6-8,10-14,16,22,24,27H,5,9,15,17H2,(H,28,29). The molecule has 33 heavy (non-hydrogen) atoms. The molecule has 2 N–H and O–H groups in total. The minimum Gasteiger partial charge on any atom is -0.377 e. The van der Waals surface area contributed by atoms with Crippen LogP contribution in [0.5, 0.6) is 0 Å². The molecule has 1 saturated heterocycles. The maximum atomic E-state index is 13.1. The summed E-state index contributed by atoms with van der Waals surface area (Å²) in [6.45, 7) is 0.865. The number of carbonyl (C=O) groups excluding carboxylic acids is 1. The van der Waals surface area contributed by atoms with E-state index >= 15 is 0 Å². The largest absolute Gasteiger partial charge is 0.377 e. The van der Waals surface area contributed by atoms with Crippen LogP contribution in [0.25, 0.3) is 0 Å². The molecule has 3 aromatic rings. The Morgan fingerprint density at radius 2 is 1.73 bits per heavy atom. The summed E-state index contributed by atoms with van der Waals surface area (Å²) in [5, 5.41) is 3.63. The second-order valence-corrected chi connectivity index (χ2v) is 10.1. The summed E-state index contributed by atoms with van der Waals surface area (Å²) in [5.41, 5.74) is 2.01. The lowest BCUT2D eigenvalue weighted by molar-refractivity contribution is 0.0942. The smallest absolute Gasteiger partial charge is 0.252 e. The summed E-state index contributed by atoms with van der Waals surface area (Å²) in [6, 6.07) is 22.4. The first kappa shape index (κ1) is 23.4. The first-order chi connectivity index (χ1) is 15.9. The molecule has 1 heterocycles. The number of halogens is 1. The highest BCUT2D eigenvalue weighted by Crippen LogP contribution is 2.24. The van der Waals surface area contributed by atoms with Crippen molar-refractivity contribution >= 4 is 27.5 Å². The van der Waals surface area contributed by atoms with Gasteiger partial charge >= 0.3 is 0 Å². The zero-order valence-corrected chi connectivity index (χ0v) is 19.5. The van der Waals surface area contributed by atoms with Crippen molar-refractivity contribution in [1.82, 2.24) is 10.0 Å². The Labute approximate surface area is 199 Å². The molecule has 2 atom stereocenters. The monoisotopic (exact) mass is 484 g/mol. The molecule has 0 spiro atoms. The number of benzene rings is 3. The van der Waals surface area contributed by atoms with E-state index in [2.05, 4.69) is 10.0 Å². The number of rotatable bonds is 8. The molecule has 1 aliphatic rings. The van der Waals surface area contributed by atoms with Gasteiger partial charge in [-0.15, -0.1) is 0 Å². The third-order valence-electron chi connectivity index (χ3n) is 5.54. The molecule has 8 heteroatoms. The molecule has 0 aromatic heterocycles. The highest BCUT2D eigenvalue weighted by atomic mass is 35.5. The van der Waals surface area contributed by atoms with Crippen LogP contribution in [-0.2, 0) is 14.8 Å². The highest BCUT2D eigenvalue weighted by Gasteiger charge is 2.22. The fourth-order valence-corrected chi connectivity index (χ4v) is 5.01. The molecular weight excluding hydrogens is 460 g/mol. The summed E-state index contributed by atoms with van der Waals surface area (Å²) in [7, 11) is -3.77. The molecule has 3 aromatic carbocycles. The van der Waals surface area contributed by atoms with Crippen LogP contribution < -0.4 is 10.0 Å². The summed E-state index contributed by atoms with van der Waals surface area (Å²) >= 11 is 6.03. The SMILES string of the molecule is O=C(NC(c1ccccc1)c1ccc(Cl)cc1)c1cccc(S(=O)(=O)NCC2CCCO2)c1. The van der Waals surface area contributed by atoms with Crippen molar-refractivity contribution in [2.24, 2.45) is 0 Å². The second-order valence-electron chi connectivity index (χ2n) is 7.88. The first-order valence-corrected chi connectivity index (χ1v) is 12.6. The molecule has 1 aliphatic heterocycles. The van der Waals surface area contributed by atoms with Gasteiger partial charge in [-0.05, 0) is 54.3 Å². The second kappa shape index (κ2) is 10.5. The Balaban J connectivity index is 1.54. The maximum Gasteiger partial charge on any atom is 0.252 e. The van der Waals surface area contributed by atoms with Crippen molar-refractivity contribution in [3.8, 4) is 0 Å². The van der Waals surface area contributed by atoms with Crippen molar-refractivity contribution < 1.29 is 17.9 Å². The number of ether oxygens (including phenoxy) is 1. The van der Waals surface area contributed by atoms with Crippen LogP contribution in [0.1, 0.15) is 40.4 Å². The van der Waals surface area contributed by atoms with E-state index in [9.17, 15) is 13.2 Å². The molecule has 4 rings (SSSR count). The molecule has 6 nitrogen and oxygen atoms in total. The summed E-state index contributed by atoms with van der Waals surface area (Å²) in [4.78, 5) is 13.2. The Morgan fingerprint density at radius 1 is 1.00 bits per heavy atom. The van der Waals surface area contributed by atoms with Gasteiger partial charge in [-0.3, -0.25) is 4.79 Å². The maximum absolute atomic E-state index is 13.1. The Hall–Kier alpha value is -2.71. The molecule has 1 amide bonds. The van der Waals surface area contributed by atoms with Crippen molar-refractivity contribution in [3.63, 3.8) is 0 Å². The van der Waals surface area contributed by atoms with Crippen LogP contribution in [0.3, 0.4) is 0 Å². The van der Waals surface area contributed by atoms with Gasteiger partial charge in [0, 0.05) is 23.7 Å². The minimum absolute atomic E-state index is 0.0379. The third-order valence-corrected chi connectivity index (χ3v) is 7.22. The van der Waals surface area contributed by atoms with E-state index in [-0.39, 0.29) is 29.0 Å². The van der Waals surface area contributed by atoms with Crippen LogP contribution >= 0.6 is 11.6 Å². The fraction of sp³-hybridized carbons (Fsp3) is 0.240. The molecule has 0 radical (unpaired) electrons. The molecule has 1 fully saturated rings. The van der Waals surface area contributed by atoms with Gasteiger partial charge in [-0.25, -0.2) is 13.1 Å². The number of hydrogen-bond donors (Lipinski definition) is 2. The molecule has 172 valence electrons. The Bertz CT molecular complexity index is 1190. The molecular formula is C25H25ClN2O4S. The topological polar surface area (TPSA) is 84.5 Å². The molecule has 0 aliphatic carbocycles. The minimum atomic E-state index is -3.77. The zero-order chi connectivity index (χ0) is 23.3. The van der Waals surface area contributed by atoms with Gasteiger partial charge in [0.1, 0.15) is 0 Å². The van der Waals surface area contributed by atoms with Crippen molar-refractivity contribution in [3.05, 3.63) is 101 Å². The molecule has 0 bridgehead atoms. The number of amides is 1. The van der Waals surface area contributed by atoms with E-state index in [1.807, 2.05) is 42.5 Å². The highest BCUT2D eigenvalue weighted by molar-refractivity contribution is 7.89. The quantitative estimate of drug-likeness (QED) is 0.498. The summed E-state index contributed by atoms with van der Waals surface area (Å²) in [5.74, 6) is -0.380. The number of sulfonamides is 1. The lowest BCUT2D eigenvalue weighted by atomic mass is 9.98. The first-order valence-electron chi connectivity index (χ1n) is 10.7. The van der Waals surface area contributed by atoms with Crippen LogP contribution in [0, 0.1) is 0 Å². The summed E-state index contributed by atoms with van der Waals surface area (Å²) < 4.78 is 33.6. The van der Waals surface area contributed by atoms with Crippen molar-refractivity contribution in [2.75, 3.05) is 13.2 Å². The van der Waals surface area contributed by atoms with Crippen LogP contribution in [0.2, 0.25) is 5.02 Å². The normalized spacial score (nSPS) is 16.9. The summed E-state index contributed by atoms with van der Waals surface area (Å²) in [6.07, 6.45) is 1.65. The van der Waals surface area contributed by atoms with E-state index in [0.717, 1.165) is 24.0 Å². The van der Waals surface area contributed by atoms with Gasteiger partial charge in [0.25, 0.3) is 5.91 Å². The van der Waals surface area contributed by atoms with Gasteiger partial charge in [-0.1, -0.05) is 60.1 Å². The third kappa shape index (κ3) is 6.00. The number of hydrogen-bond acceptors (Lipinski definition) is 4. The van der Waals surface area contributed by atoms with E-state index in [1.54, 1.807) is 24.3 Å². The van der Waals surface area contributed by atoms with Crippen LogP contribution in [0.4, 0.5) is 0 Å². The lowest BCUT2D eigenvalue weighted by Gasteiger charge is -2.20. The number of carbonyl (C=O) groups is 1. The average Bonchev–Trinajstić information content (AvgIpc) is 3.36. The van der Waals surface area contributed by atoms with E-state index in [4.69, 9.17) is 16.3 Å². The molecule has 0 saturated carbocycles. The van der Waals surface area contributed by atoms with Crippen molar-refractivity contribution in [1.29, 1.82) is 0 Å². The van der Waals surface area contributed by atoms with Gasteiger partial charge < -0.3 is 10.1 Å². The average molecular weight is 485 g/mol. The predicted octanol–water partition coefficient (Wildman–Crippen LogP) is 4.32. The fourth-order valence-electron chi connectivity index (χ4n) is 3.77. The van der Waals surface area contributed by atoms with E-state index < -0.39 is 16.1 Å².